The minimum atomic E-state index is -0.842. The summed E-state index contributed by atoms with van der Waals surface area (Å²) in [5, 5.41) is 17.4. The Morgan fingerprint density at radius 2 is 2.41 bits per heavy atom. The van der Waals surface area contributed by atoms with Gasteiger partial charge in [-0.05, 0) is 6.42 Å². The van der Waals surface area contributed by atoms with Crippen LogP contribution < -0.4 is 4.57 Å². The maximum absolute atomic E-state index is 10.7. The molecule has 0 saturated carbocycles. The molecule has 1 aromatic heterocycles. The second-order valence-electron chi connectivity index (χ2n) is 3.94. The maximum Gasteiger partial charge on any atom is 0.346 e. The summed E-state index contributed by atoms with van der Waals surface area (Å²) >= 11 is 0. The van der Waals surface area contributed by atoms with Crippen LogP contribution in [0.15, 0.2) is 12.4 Å². The van der Waals surface area contributed by atoms with Gasteiger partial charge in [-0.3, -0.25) is 0 Å². The minimum Gasteiger partial charge on any atom is -0.478 e. The normalized spacial score (nSPS) is 10.1. The second kappa shape index (κ2) is 6.69. The Kier molecular flexibility index (Phi) is 5.21. The zero-order valence-electron chi connectivity index (χ0n) is 10.1. The monoisotopic (exact) mass is 236 g/mol. The zero-order valence-corrected chi connectivity index (χ0v) is 10.1. The lowest BCUT2D eigenvalue weighted by atomic mass is 10.2. The molecular formula is C12H18N3O2+. The van der Waals surface area contributed by atoms with Gasteiger partial charge in [0.15, 0.2) is 6.54 Å². The van der Waals surface area contributed by atoms with Crippen LogP contribution in [0.4, 0.5) is 0 Å². The molecule has 1 heterocycles. The molecule has 0 amide bonds. The molecule has 0 saturated heterocycles. The van der Waals surface area contributed by atoms with Gasteiger partial charge in [0.1, 0.15) is 18.9 Å². The molecule has 0 fully saturated rings. The van der Waals surface area contributed by atoms with E-state index in [-0.39, 0.29) is 6.54 Å². The molecule has 5 heteroatoms. The molecular weight excluding hydrogens is 218 g/mol. The molecule has 0 aliphatic heterocycles. The Labute approximate surface area is 101 Å². The molecule has 0 unspecified atom stereocenters. The van der Waals surface area contributed by atoms with Crippen molar-refractivity contribution in [3.05, 3.63) is 18.2 Å². The molecule has 0 aliphatic carbocycles. The first-order chi connectivity index (χ1) is 8.19. The topological polar surface area (TPSA) is 69.9 Å². The summed E-state index contributed by atoms with van der Waals surface area (Å²) < 4.78 is 3.72. The summed E-state index contributed by atoms with van der Waals surface area (Å²) in [7, 11) is 0. The van der Waals surface area contributed by atoms with Crippen LogP contribution >= 0.6 is 0 Å². The number of carbonyl (C=O) groups is 1. The molecule has 1 aromatic rings. The number of nitriles is 1. The summed E-state index contributed by atoms with van der Waals surface area (Å²) in [4.78, 5) is 10.7. The van der Waals surface area contributed by atoms with Gasteiger partial charge in [-0.2, -0.15) is 5.26 Å². The van der Waals surface area contributed by atoms with Crippen LogP contribution in [0, 0.1) is 11.3 Å². The van der Waals surface area contributed by atoms with E-state index in [0.29, 0.717) is 13.0 Å². The quantitative estimate of drug-likeness (QED) is 0.721. The van der Waals surface area contributed by atoms with E-state index in [1.54, 1.807) is 10.8 Å². The van der Waals surface area contributed by atoms with Gasteiger partial charge in [0, 0.05) is 6.42 Å². The van der Waals surface area contributed by atoms with Gasteiger partial charge in [-0.1, -0.05) is 13.3 Å². The maximum atomic E-state index is 10.7. The number of carboxylic acid groups (broad SMARTS) is 1. The standard InChI is InChI=1S/C12H17N3O2/c1-2-3-5-11-14(7-4-6-13)8-9-15(11)10-12(16)17/h8-9H,2-5,7,10H2,1H3/p+1. The average Bonchev–Trinajstić information content (AvgIpc) is 2.65. The van der Waals surface area contributed by atoms with Gasteiger partial charge in [0.05, 0.1) is 12.5 Å². The zero-order chi connectivity index (χ0) is 12.7. The first kappa shape index (κ1) is 13.2. The van der Waals surface area contributed by atoms with Crippen molar-refractivity contribution in [1.82, 2.24) is 4.57 Å². The highest BCUT2D eigenvalue weighted by Gasteiger charge is 2.18. The third-order valence-electron chi connectivity index (χ3n) is 2.61. The number of nitrogens with zero attached hydrogens (tertiary/aromatic N) is 3. The van der Waals surface area contributed by atoms with Crippen LogP contribution in [-0.4, -0.2) is 15.6 Å². The first-order valence-electron chi connectivity index (χ1n) is 5.85. The number of imidazole rings is 1. The van der Waals surface area contributed by atoms with Crippen molar-refractivity contribution in [3.63, 3.8) is 0 Å². The van der Waals surface area contributed by atoms with Gasteiger partial charge in [-0.25, -0.2) is 13.9 Å². The van der Waals surface area contributed by atoms with E-state index in [1.807, 2.05) is 10.8 Å². The summed E-state index contributed by atoms with van der Waals surface area (Å²) in [6.07, 6.45) is 7.01. The van der Waals surface area contributed by atoms with Crippen molar-refractivity contribution in [2.75, 3.05) is 0 Å². The van der Waals surface area contributed by atoms with Crippen LogP contribution in [-0.2, 0) is 24.3 Å². The molecule has 17 heavy (non-hydrogen) atoms. The largest absolute Gasteiger partial charge is 0.478 e. The van der Waals surface area contributed by atoms with E-state index >= 15 is 0 Å². The smallest absolute Gasteiger partial charge is 0.346 e. The third-order valence-corrected chi connectivity index (χ3v) is 2.61. The van der Waals surface area contributed by atoms with Crippen molar-refractivity contribution in [1.29, 1.82) is 5.26 Å². The number of aryl methyl sites for hydroxylation is 1. The molecule has 0 bridgehead atoms. The van der Waals surface area contributed by atoms with Crippen LogP contribution in [0.2, 0.25) is 0 Å². The predicted octanol–water partition coefficient (Wildman–Crippen LogP) is 1.12. The number of unbranched alkanes of at least 4 members (excludes halogenated alkanes) is 1. The minimum absolute atomic E-state index is 0.0153. The first-order valence-corrected chi connectivity index (χ1v) is 5.85. The van der Waals surface area contributed by atoms with E-state index in [9.17, 15) is 4.79 Å². The number of carboxylic acids is 1. The fourth-order valence-corrected chi connectivity index (χ4v) is 1.78. The van der Waals surface area contributed by atoms with Crippen molar-refractivity contribution in [2.24, 2.45) is 0 Å². The number of hydrogen-bond donors (Lipinski definition) is 1. The number of rotatable bonds is 7. The van der Waals surface area contributed by atoms with Crippen LogP contribution in [0.5, 0.6) is 0 Å². The second-order valence-corrected chi connectivity index (χ2v) is 3.94. The lowest BCUT2D eigenvalue weighted by molar-refractivity contribution is -0.692. The average molecular weight is 236 g/mol. The highest BCUT2D eigenvalue weighted by molar-refractivity contribution is 5.64. The lowest BCUT2D eigenvalue weighted by Gasteiger charge is -2.01. The summed E-state index contributed by atoms with van der Waals surface area (Å²) in [5.41, 5.74) is 0. The predicted molar refractivity (Wildman–Crippen MR) is 61.1 cm³/mol. The molecule has 1 rings (SSSR count). The lowest BCUT2D eigenvalue weighted by Crippen LogP contribution is -2.40. The van der Waals surface area contributed by atoms with Gasteiger partial charge in [-0.15, -0.1) is 0 Å². The summed E-state index contributed by atoms with van der Waals surface area (Å²) in [5.74, 6) is 0.148. The molecule has 0 spiro atoms. The Hall–Kier alpha value is -1.83. The van der Waals surface area contributed by atoms with E-state index < -0.39 is 5.97 Å². The van der Waals surface area contributed by atoms with Gasteiger partial charge < -0.3 is 5.11 Å². The SMILES string of the molecule is CCCCc1n(CCC#N)cc[n+]1CC(=O)O. The Morgan fingerprint density at radius 3 is 3.00 bits per heavy atom. The van der Waals surface area contributed by atoms with Crippen LogP contribution in [0.3, 0.4) is 0 Å². The number of aromatic nitrogens is 2. The molecule has 0 aliphatic rings. The van der Waals surface area contributed by atoms with E-state index in [1.165, 1.54) is 0 Å². The molecule has 92 valence electrons. The van der Waals surface area contributed by atoms with E-state index in [0.717, 1.165) is 25.1 Å². The van der Waals surface area contributed by atoms with Crippen LogP contribution in [0.1, 0.15) is 32.0 Å². The molecule has 0 radical (unpaired) electrons. The van der Waals surface area contributed by atoms with Gasteiger partial charge in [0.25, 0.3) is 5.82 Å². The van der Waals surface area contributed by atoms with Crippen molar-refractivity contribution < 1.29 is 14.5 Å². The summed E-state index contributed by atoms with van der Waals surface area (Å²) in [6, 6.07) is 2.10. The van der Waals surface area contributed by atoms with E-state index in [2.05, 4.69) is 13.0 Å². The fourth-order valence-electron chi connectivity index (χ4n) is 1.78. The van der Waals surface area contributed by atoms with Crippen molar-refractivity contribution in [2.45, 2.75) is 45.7 Å². The van der Waals surface area contributed by atoms with Crippen LogP contribution in [0.25, 0.3) is 0 Å². The molecule has 0 aromatic carbocycles. The van der Waals surface area contributed by atoms with E-state index in [4.69, 9.17) is 10.4 Å². The third kappa shape index (κ3) is 3.91. The number of aliphatic carboxylic acids is 1. The van der Waals surface area contributed by atoms with Gasteiger partial charge >= 0.3 is 5.97 Å². The highest BCUT2D eigenvalue weighted by atomic mass is 16.4. The Bertz CT molecular complexity index is 418. The van der Waals surface area contributed by atoms with Crippen molar-refractivity contribution >= 4 is 5.97 Å². The Morgan fingerprint density at radius 1 is 1.65 bits per heavy atom. The summed E-state index contributed by atoms with van der Waals surface area (Å²) in [6.45, 7) is 2.71. The Balaban J connectivity index is 2.85. The van der Waals surface area contributed by atoms with Crippen molar-refractivity contribution in [3.8, 4) is 6.07 Å². The van der Waals surface area contributed by atoms with Gasteiger partial charge in [0.2, 0.25) is 0 Å². The number of hydrogen-bond acceptors (Lipinski definition) is 2. The fraction of sp³-hybridized carbons (Fsp3) is 0.583. The molecule has 0 atom stereocenters. The molecule has 1 N–H and O–H groups in total. The molecule has 5 nitrogen and oxygen atoms in total. The highest BCUT2D eigenvalue weighted by Crippen LogP contribution is 2.03.